The number of benzene rings is 2. The van der Waals surface area contributed by atoms with Gasteiger partial charge in [0.15, 0.2) is 0 Å². The van der Waals surface area contributed by atoms with E-state index < -0.39 is 11.6 Å². The first-order valence-electron chi connectivity index (χ1n) is 8.36. The van der Waals surface area contributed by atoms with E-state index in [-0.39, 0.29) is 12.5 Å². The molecule has 7 heteroatoms. The average molecular weight is 388 g/mol. The van der Waals surface area contributed by atoms with Crippen molar-refractivity contribution < 1.29 is 18.3 Å². The van der Waals surface area contributed by atoms with Crippen molar-refractivity contribution in [2.45, 2.75) is 20.0 Å². The third-order valence-electron chi connectivity index (χ3n) is 3.79. The minimum Gasteiger partial charge on any atom is -0.487 e. The van der Waals surface area contributed by atoms with Crippen molar-refractivity contribution in [2.24, 2.45) is 0 Å². The van der Waals surface area contributed by atoms with Crippen LogP contribution in [0, 0.1) is 18.6 Å². The van der Waals surface area contributed by atoms with Gasteiger partial charge in [-0.2, -0.15) is 0 Å². The zero-order valence-electron chi connectivity index (χ0n) is 14.7. The molecule has 1 heterocycles. The molecule has 1 amide bonds. The normalized spacial score (nSPS) is 10.6. The van der Waals surface area contributed by atoms with Gasteiger partial charge in [0.25, 0.3) is 5.91 Å². The van der Waals surface area contributed by atoms with Crippen LogP contribution < -0.4 is 10.1 Å². The van der Waals surface area contributed by atoms with Gasteiger partial charge >= 0.3 is 0 Å². The Balaban J connectivity index is 1.48. The highest BCUT2D eigenvalue weighted by atomic mass is 32.1. The number of ether oxygens (including phenoxy) is 1. The van der Waals surface area contributed by atoms with Gasteiger partial charge in [-0.05, 0) is 55.3 Å². The molecule has 0 unspecified atom stereocenters. The number of nitrogens with zero attached hydrogens (tertiary/aromatic N) is 1. The Labute approximate surface area is 159 Å². The Kier molecular flexibility index (Phi) is 6.13. The number of hydrogen-bond donors (Lipinski definition) is 1. The number of thiazole rings is 1. The van der Waals surface area contributed by atoms with Crippen LogP contribution in [0.5, 0.6) is 5.75 Å². The van der Waals surface area contributed by atoms with Crippen LogP contribution >= 0.6 is 11.3 Å². The van der Waals surface area contributed by atoms with Gasteiger partial charge in [0.05, 0.1) is 10.7 Å². The van der Waals surface area contributed by atoms with Crippen LogP contribution in [0.1, 0.15) is 26.6 Å². The van der Waals surface area contributed by atoms with Gasteiger partial charge in [0.1, 0.15) is 24.0 Å². The molecular formula is C20H18F2N2O2S. The van der Waals surface area contributed by atoms with E-state index in [9.17, 15) is 13.6 Å². The summed E-state index contributed by atoms with van der Waals surface area (Å²) in [6.07, 6.45) is 0.342. The topological polar surface area (TPSA) is 51.2 Å². The predicted octanol–water partition coefficient (Wildman–Crippen LogP) is 4.28. The van der Waals surface area contributed by atoms with Gasteiger partial charge in [-0.25, -0.2) is 13.8 Å². The molecule has 0 bridgehead atoms. The van der Waals surface area contributed by atoms with E-state index in [0.717, 1.165) is 16.8 Å². The average Bonchev–Trinajstić information content (AvgIpc) is 3.05. The second-order valence-electron chi connectivity index (χ2n) is 5.95. The van der Waals surface area contributed by atoms with Crippen LogP contribution in [0.4, 0.5) is 8.78 Å². The molecule has 1 aromatic heterocycles. The van der Waals surface area contributed by atoms with Gasteiger partial charge in [0, 0.05) is 23.6 Å². The number of rotatable bonds is 7. The molecule has 0 aliphatic heterocycles. The fraction of sp³-hybridized carbons (Fsp3) is 0.200. The smallest absolute Gasteiger partial charge is 0.251 e. The summed E-state index contributed by atoms with van der Waals surface area (Å²) in [6.45, 7) is 2.59. The van der Waals surface area contributed by atoms with Gasteiger partial charge in [-0.15, -0.1) is 11.3 Å². The molecule has 27 heavy (non-hydrogen) atoms. The summed E-state index contributed by atoms with van der Waals surface area (Å²) in [4.78, 5) is 16.5. The quantitative estimate of drug-likeness (QED) is 0.657. The maximum absolute atomic E-state index is 13.1. The van der Waals surface area contributed by atoms with E-state index in [2.05, 4.69) is 10.3 Å². The Morgan fingerprint density at radius 3 is 2.48 bits per heavy atom. The lowest BCUT2D eigenvalue weighted by Gasteiger charge is -2.08. The molecule has 0 aliphatic rings. The monoisotopic (exact) mass is 388 g/mol. The van der Waals surface area contributed by atoms with Crippen LogP contribution in [0.25, 0.3) is 0 Å². The molecule has 0 saturated carbocycles. The number of hydrogen-bond acceptors (Lipinski definition) is 4. The molecule has 140 valence electrons. The molecule has 0 atom stereocenters. The van der Waals surface area contributed by atoms with E-state index in [1.54, 1.807) is 35.6 Å². The Hall–Kier alpha value is -2.80. The first-order valence-corrected chi connectivity index (χ1v) is 9.24. The lowest BCUT2D eigenvalue weighted by molar-refractivity contribution is 0.0954. The SMILES string of the molecule is Cc1nc(COc2ccc(C(=O)NCCc3cc(F)cc(F)c3)cc2)cs1. The van der Waals surface area contributed by atoms with E-state index >= 15 is 0 Å². The number of amides is 1. The van der Waals surface area contributed by atoms with Crippen molar-refractivity contribution in [1.29, 1.82) is 0 Å². The molecule has 0 fully saturated rings. The summed E-state index contributed by atoms with van der Waals surface area (Å²) in [5.41, 5.74) is 1.85. The lowest BCUT2D eigenvalue weighted by atomic mass is 10.1. The maximum Gasteiger partial charge on any atom is 0.251 e. The molecule has 0 saturated heterocycles. The highest BCUT2D eigenvalue weighted by Crippen LogP contribution is 2.15. The molecule has 0 radical (unpaired) electrons. The molecular weight excluding hydrogens is 370 g/mol. The van der Waals surface area contributed by atoms with Crippen molar-refractivity contribution in [3.63, 3.8) is 0 Å². The molecule has 3 aromatic rings. The summed E-state index contributed by atoms with van der Waals surface area (Å²) < 4.78 is 31.9. The minimum absolute atomic E-state index is 0.256. The number of carbonyl (C=O) groups is 1. The van der Waals surface area contributed by atoms with Crippen molar-refractivity contribution in [3.8, 4) is 5.75 Å². The Morgan fingerprint density at radius 2 is 1.85 bits per heavy atom. The molecule has 0 aliphatic carbocycles. The second-order valence-corrected chi connectivity index (χ2v) is 7.02. The van der Waals surface area contributed by atoms with Crippen molar-refractivity contribution >= 4 is 17.2 Å². The second kappa shape index (κ2) is 8.73. The molecule has 4 nitrogen and oxygen atoms in total. The lowest BCUT2D eigenvalue weighted by Crippen LogP contribution is -2.25. The van der Waals surface area contributed by atoms with Crippen LogP contribution in [0.2, 0.25) is 0 Å². The standard InChI is InChI=1S/C20H18F2N2O2S/c1-13-24-18(12-27-13)11-26-19-4-2-15(3-5-19)20(25)23-7-6-14-8-16(21)10-17(22)9-14/h2-5,8-10,12H,6-7,11H2,1H3,(H,23,25). The van der Waals surface area contributed by atoms with Crippen molar-refractivity contribution in [1.82, 2.24) is 10.3 Å². The maximum atomic E-state index is 13.1. The first kappa shape index (κ1) is 19.0. The van der Waals surface area contributed by atoms with Gasteiger partial charge in [-0.3, -0.25) is 4.79 Å². The Bertz CT molecular complexity index is 906. The Morgan fingerprint density at radius 1 is 1.15 bits per heavy atom. The molecule has 3 rings (SSSR count). The zero-order chi connectivity index (χ0) is 19.2. The minimum atomic E-state index is -0.625. The largest absolute Gasteiger partial charge is 0.487 e. The number of nitrogens with one attached hydrogen (secondary N) is 1. The highest BCUT2D eigenvalue weighted by Gasteiger charge is 2.07. The van der Waals surface area contributed by atoms with Crippen LogP contribution in [-0.2, 0) is 13.0 Å². The van der Waals surface area contributed by atoms with Gasteiger partial charge in [-0.1, -0.05) is 0 Å². The third-order valence-corrected chi connectivity index (χ3v) is 4.61. The highest BCUT2D eigenvalue weighted by molar-refractivity contribution is 7.09. The summed E-state index contributed by atoms with van der Waals surface area (Å²) in [5, 5.41) is 5.67. The number of carbonyl (C=O) groups excluding carboxylic acids is 1. The molecule has 0 spiro atoms. The fourth-order valence-electron chi connectivity index (χ4n) is 2.51. The summed E-state index contributed by atoms with van der Waals surface area (Å²) in [6, 6.07) is 10.1. The molecule has 1 N–H and O–H groups in total. The summed E-state index contributed by atoms with van der Waals surface area (Å²) >= 11 is 1.57. The zero-order valence-corrected chi connectivity index (χ0v) is 15.5. The van der Waals surface area contributed by atoms with Gasteiger partial charge in [0.2, 0.25) is 0 Å². The van der Waals surface area contributed by atoms with Crippen molar-refractivity contribution in [2.75, 3.05) is 6.54 Å². The summed E-state index contributed by atoms with van der Waals surface area (Å²) in [7, 11) is 0. The van der Waals surface area contributed by atoms with Crippen LogP contribution in [0.3, 0.4) is 0 Å². The number of aromatic nitrogens is 1. The first-order chi connectivity index (χ1) is 13.0. The predicted molar refractivity (Wildman–Crippen MR) is 100 cm³/mol. The van der Waals surface area contributed by atoms with E-state index in [4.69, 9.17) is 4.74 Å². The van der Waals surface area contributed by atoms with Crippen LogP contribution in [-0.4, -0.2) is 17.4 Å². The number of aryl methyl sites for hydroxylation is 1. The third kappa shape index (κ3) is 5.59. The summed E-state index contributed by atoms with van der Waals surface area (Å²) in [5.74, 6) is -0.861. The van der Waals surface area contributed by atoms with E-state index in [1.807, 2.05) is 12.3 Å². The van der Waals surface area contributed by atoms with Crippen molar-refractivity contribution in [3.05, 3.63) is 81.3 Å². The van der Waals surface area contributed by atoms with Gasteiger partial charge < -0.3 is 10.1 Å². The number of halogens is 2. The van der Waals surface area contributed by atoms with Crippen LogP contribution in [0.15, 0.2) is 47.8 Å². The van der Waals surface area contributed by atoms with E-state index in [0.29, 0.717) is 29.9 Å². The molecule has 2 aromatic carbocycles. The fourth-order valence-corrected chi connectivity index (χ4v) is 3.11. The van der Waals surface area contributed by atoms with E-state index in [1.165, 1.54) is 12.1 Å².